The monoisotopic (exact) mass is 280 g/mol. The number of hydrogen-bond donors (Lipinski definition) is 1. The quantitative estimate of drug-likeness (QED) is 0.892. The Morgan fingerprint density at radius 2 is 2.22 bits per heavy atom. The van der Waals surface area contributed by atoms with E-state index in [9.17, 15) is 0 Å². The summed E-state index contributed by atoms with van der Waals surface area (Å²) in [6.45, 7) is 2.22. The summed E-state index contributed by atoms with van der Waals surface area (Å²) < 4.78 is 0. The van der Waals surface area contributed by atoms with E-state index in [4.69, 9.17) is 4.99 Å². The van der Waals surface area contributed by atoms with Crippen molar-refractivity contribution in [3.63, 3.8) is 0 Å². The van der Waals surface area contributed by atoms with Crippen LogP contribution in [0.5, 0.6) is 0 Å². The third-order valence-electron chi connectivity index (χ3n) is 3.02. The minimum Gasteiger partial charge on any atom is -0.361 e. The lowest BCUT2D eigenvalue weighted by Crippen LogP contribution is -2.33. The van der Waals surface area contributed by atoms with Crippen LogP contribution in [0.25, 0.3) is 0 Å². The highest BCUT2D eigenvalue weighted by Gasteiger charge is 2.21. The standard InChI is InChI=1S/C14H20N2S2/c1-3-12(9-17-2)15-14-16-13(10-18-14)11-7-5-4-6-8-11/h4-8,12-13H,3,9-10H2,1-2H3,(H,15,16). The largest absolute Gasteiger partial charge is 0.361 e. The lowest BCUT2D eigenvalue weighted by Gasteiger charge is -2.15. The molecule has 1 aliphatic heterocycles. The van der Waals surface area contributed by atoms with Crippen molar-refractivity contribution in [1.29, 1.82) is 0 Å². The third-order valence-corrected chi connectivity index (χ3v) is 4.74. The van der Waals surface area contributed by atoms with Gasteiger partial charge in [-0.15, -0.1) is 0 Å². The molecule has 2 rings (SSSR count). The first-order valence-electron chi connectivity index (χ1n) is 6.34. The van der Waals surface area contributed by atoms with Crippen molar-refractivity contribution in [2.45, 2.75) is 25.4 Å². The van der Waals surface area contributed by atoms with Gasteiger partial charge >= 0.3 is 0 Å². The molecule has 0 saturated carbocycles. The van der Waals surface area contributed by atoms with E-state index in [1.165, 1.54) is 5.56 Å². The summed E-state index contributed by atoms with van der Waals surface area (Å²) in [6.07, 6.45) is 3.30. The zero-order valence-electron chi connectivity index (χ0n) is 10.9. The van der Waals surface area contributed by atoms with E-state index in [0.717, 1.165) is 23.1 Å². The van der Waals surface area contributed by atoms with Crippen LogP contribution in [-0.2, 0) is 0 Å². The van der Waals surface area contributed by atoms with Gasteiger partial charge in [0.25, 0.3) is 0 Å². The van der Waals surface area contributed by atoms with E-state index in [2.05, 4.69) is 48.8 Å². The van der Waals surface area contributed by atoms with Crippen LogP contribution in [0, 0.1) is 0 Å². The molecule has 0 aromatic heterocycles. The Balaban J connectivity index is 1.96. The van der Waals surface area contributed by atoms with Gasteiger partial charge in [0.15, 0.2) is 5.17 Å². The van der Waals surface area contributed by atoms with Crippen LogP contribution in [0.15, 0.2) is 35.3 Å². The minimum atomic E-state index is 0.325. The number of hydrogen-bond acceptors (Lipinski definition) is 4. The first kappa shape index (κ1) is 13.8. The van der Waals surface area contributed by atoms with Gasteiger partial charge in [-0.3, -0.25) is 4.99 Å². The van der Waals surface area contributed by atoms with Crippen molar-refractivity contribution in [1.82, 2.24) is 5.32 Å². The molecule has 1 N–H and O–H groups in total. The van der Waals surface area contributed by atoms with E-state index in [1.807, 2.05) is 23.5 Å². The van der Waals surface area contributed by atoms with Gasteiger partial charge in [-0.2, -0.15) is 11.8 Å². The lowest BCUT2D eigenvalue weighted by atomic mass is 10.1. The SMILES string of the molecule is CCC(CSC)NC1=NC(c2ccccc2)CS1. The highest BCUT2D eigenvalue weighted by molar-refractivity contribution is 8.14. The number of aliphatic imine (C=N–C) groups is 1. The molecular formula is C14H20N2S2. The lowest BCUT2D eigenvalue weighted by molar-refractivity contribution is 0.654. The van der Waals surface area contributed by atoms with Gasteiger partial charge in [0.1, 0.15) is 0 Å². The number of thioether (sulfide) groups is 2. The average molecular weight is 280 g/mol. The molecule has 4 heteroatoms. The van der Waals surface area contributed by atoms with Crippen molar-refractivity contribution < 1.29 is 0 Å². The topological polar surface area (TPSA) is 24.4 Å². The summed E-state index contributed by atoms with van der Waals surface area (Å²) in [7, 11) is 0. The molecule has 1 heterocycles. The first-order valence-corrected chi connectivity index (χ1v) is 8.72. The van der Waals surface area contributed by atoms with E-state index in [0.29, 0.717) is 12.1 Å². The molecule has 0 amide bonds. The van der Waals surface area contributed by atoms with Gasteiger partial charge in [0, 0.05) is 17.5 Å². The molecule has 0 bridgehead atoms. The maximum atomic E-state index is 4.79. The van der Waals surface area contributed by atoms with Gasteiger partial charge in [0.05, 0.1) is 6.04 Å². The number of nitrogens with one attached hydrogen (secondary N) is 1. The Morgan fingerprint density at radius 3 is 2.89 bits per heavy atom. The Morgan fingerprint density at radius 1 is 1.44 bits per heavy atom. The second kappa shape index (κ2) is 7.10. The van der Waals surface area contributed by atoms with Crippen molar-refractivity contribution in [3.8, 4) is 0 Å². The molecule has 0 aliphatic carbocycles. The highest BCUT2D eigenvalue weighted by atomic mass is 32.2. The molecule has 2 atom stereocenters. The van der Waals surface area contributed by atoms with Crippen LogP contribution in [0.2, 0.25) is 0 Å². The normalized spacial score (nSPS) is 20.6. The van der Waals surface area contributed by atoms with Crippen LogP contribution in [-0.4, -0.2) is 29.0 Å². The average Bonchev–Trinajstić information content (AvgIpc) is 2.88. The van der Waals surface area contributed by atoms with E-state index >= 15 is 0 Å². The third kappa shape index (κ3) is 3.69. The number of nitrogens with zero attached hydrogens (tertiary/aromatic N) is 1. The minimum absolute atomic E-state index is 0.325. The maximum absolute atomic E-state index is 4.79. The smallest absolute Gasteiger partial charge is 0.157 e. The zero-order valence-corrected chi connectivity index (χ0v) is 12.6. The second-order valence-corrected chi connectivity index (χ2v) is 6.30. The summed E-state index contributed by atoms with van der Waals surface area (Å²) >= 11 is 3.73. The van der Waals surface area contributed by atoms with Crippen molar-refractivity contribution in [2.75, 3.05) is 17.8 Å². The molecule has 98 valence electrons. The molecule has 18 heavy (non-hydrogen) atoms. The van der Waals surface area contributed by atoms with Crippen LogP contribution in [0.3, 0.4) is 0 Å². The van der Waals surface area contributed by atoms with Gasteiger partial charge in [-0.25, -0.2) is 0 Å². The van der Waals surface area contributed by atoms with Gasteiger partial charge in [0.2, 0.25) is 0 Å². The molecule has 0 saturated heterocycles. The highest BCUT2D eigenvalue weighted by Crippen LogP contribution is 2.29. The van der Waals surface area contributed by atoms with Crippen LogP contribution in [0.1, 0.15) is 24.9 Å². The Hall–Kier alpha value is -0.610. The number of amidine groups is 1. The van der Waals surface area contributed by atoms with E-state index in [-0.39, 0.29) is 0 Å². The van der Waals surface area contributed by atoms with Gasteiger partial charge in [-0.1, -0.05) is 49.0 Å². The summed E-state index contributed by atoms with van der Waals surface area (Å²) in [6, 6.07) is 11.4. The Bertz CT molecular complexity index is 392. The molecule has 1 aromatic carbocycles. The Labute approximate surface area is 118 Å². The van der Waals surface area contributed by atoms with Gasteiger partial charge < -0.3 is 5.32 Å². The molecule has 1 aliphatic rings. The zero-order chi connectivity index (χ0) is 12.8. The summed E-state index contributed by atoms with van der Waals surface area (Å²) in [5.74, 6) is 2.20. The molecule has 0 fully saturated rings. The summed E-state index contributed by atoms with van der Waals surface area (Å²) in [4.78, 5) is 4.79. The predicted octanol–water partition coefficient (Wildman–Crippen LogP) is 3.56. The number of rotatable bonds is 5. The molecule has 2 unspecified atom stereocenters. The first-order chi connectivity index (χ1) is 8.83. The maximum Gasteiger partial charge on any atom is 0.157 e. The van der Waals surface area contributed by atoms with Gasteiger partial charge in [-0.05, 0) is 18.2 Å². The van der Waals surface area contributed by atoms with Crippen LogP contribution < -0.4 is 5.32 Å². The molecular weight excluding hydrogens is 260 g/mol. The fourth-order valence-corrected chi connectivity index (χ4v) is 3.69. The van der Waals surface area contributed by atoms with Crippen molar-refractivity contribution >= 4 is 28.7 Å². The molecule has 2 nitrogen and oxygen atoms in total. The Kier molecular flexibility index (Phi) is 5.45. The number of benzene rings is 1. The van der Waals surface area contributed by atoms with E-state index in [1.54, 1.807) is 0 Å². The fourth-order valence-electron chi connectivity index (χ4n) is 1.94. The summed E-state index contributed by atoms with van der Waals surface area (Å²) in [5, 5.41) is 4.67. The van der Waals surface area contributed by atoms with E-state index < -0.39 is 0 Å². The molecule has 1 aromatic rings. The van der Waals surface area contributed by atoms with Crippen LogP contribution >= 0.6 is 23.5 Å². The molecule has 0 radical (unpaired) electrons. The van der Waals surface area contributed by atoms with Crippen molar-refractivity contribution in [2.24, 2.45) is 4.99 Å². The van der Waals surface area contributed by atoms with Crippen molar-refractivity contribution in [3.05, 3.63) is 35.9 Å². The van der Waals surface area contributed by atoms with Crippen LogP contribution in [0.4, 0.5) is 0 Å². The molecule has 0 spiro atoms. The second-order valence-electron chi connectivity index (χ2n) is 4.38. The summed E-state index contributed by atoms with van der Waals surface area (Å²) in [5.41, 5.74) is 1.32. The fraction of sp³-hybridized carbons (Fsp3) is 0.500. The predicted molar refractivity (Wildman–Crippen MR) is 84.7 cm³/mol.